The highest BCUT2D eigenvalue weighted by molar-refractivity contribution is 6.06. The standard InChI is InChI=1S/C24H21N7O4/c1-13-9-10-15(22-27-29-30-28-22)11-17(13)31-20(24(33)35-3)19(23(32)34-2)18(16(12-25)21(31)26)14-7-5-4-6-8-14/h4-11,18H,26H2,1-3H3,(H,27,28,29,30). The predicted molar refractivity (Wildman–Crippen MR) is 124 cm³/mol. The Morgan fingerprint density at radius 3 is 2.43 bits per heavy atom. The van der Waals surface area contributed by atoms with Gasteiger partial charge in [0.2, 0.25) is 5.82 Å². The number of tetrazole rings is 1. The van der Waals surface area contributed by atoms with Gasteiger partial charge in [0.05, 0.1) is 43.0 Å². The van der Waals surface area contributed by atoms with E-state index < -0.39 is 17.9 Å². The second-order valence-electron chi connectivity index (χ2n) is 7.57. The molecule has 3 aromatic rings. The van der Waals surface area contributed by atoms with Crippen molar-refractivity contribution in [2.75, 3.05) is 19.1 Å². The van der Waals surface area contributed by atoms with Crippen molar-refractivity contribution in [2.24, 2.45) is 5.73 Å². The van der Waals surface area contributed by atoms with Gasteiger partial charge in [0.25, 0.3) is 0 Å². The highest BCUT2D eigenvalue weighted by Gasteiger charge is 2.43. The van der Waals surface area contributed by atoms with Crippen LogP contribution in [0.25, 0.3) is 11.4 Å². The van der Waals surface area contributed by atoms with Crippen molar-refractivity contribution in [3.8, 4) is 17.5 Å². The number of nitrogens with two attached hydrogens (primary N) is 1. The molecule has 2 aromatic carbocycles. The summed E-state index contributed by atoms with van der Waals surface area (Å²) >= 11 is 0. The summed E-state index contributed by atoms with van der Waals surface area (Å²) < 4.78 is 10.1. The highest BCUT2D eigenvalue weighted by Crippen LogP contribution is 2.44. The topological polar surface area (TPSA) is 160 Å². The van der Waals surface area contributed by atoms with Crippen LogP contribution in [0.5, 0.6) is 0 Å². The first kappa shape index (κ1) is 23.2. The van der Waals surface area contributed by atoms with Crippen molar-refractivity contribution in [1.29, 1.82) is 5.26 Å². The van der Waals surface area contributed by atoms with E-state index in [1.54, 1.807) is 55.5 Å². The Hall–Kier alpha value is -4.98. The van der Waals surface area contributed by atoms with Crippen LogP contribution in [0, 0.1) is 18.3 Å². The van der Waals surface area contributed by atoms with E-state index in [-0.39, 0.29) is 22.7 Å². The normalized spacial score (nSPS) is 15.6. The summed E-state index contributed by atoms with van der Waals surface area (Å²) in [5.41, 5.74) is 8.69. The molecule has 0 bridgehead atoms. The third-order valence-electron chi connectivity index (χ3n) is 5.66. The lowest BCUT2D eigenvalue weighted by Gasteiger charge is -2.36. The van der Waals surface area contributed by atoms with Crippen molar-refractivity contribution in [3.63, 3.8) is 0 Å². The fraction of sp³-hybridized carbons (Fsp3) is 0.167. The maximum absolute atomic E-state index is 13.2. The Balaban J connectivity index is 2.06. The molecule has 11 nitrogen and oxygen atoms in total. The molecular formula is C24H21N7O4. The van der Waals surface area contributed by atoms with Gasteiger partial charge in [-0.1, -0.05) is 42.5 Å². The summed E-state index contributed by atoms with van der Waals surface area (Å²) in [5, 5.41) is 24.1. The Labute approximate surface area is 200 Å². The number of carbonyl (C=O) groups is 2. The number of aromatic nitrogens is 4. The summed E-state index contributed by atoms with van der Waals surface area (Å²) in [6, 6.07) is 16.2. The van der Waals surface area contributed by atoms with E-state index in [1.165, 1.54) is 19.1 Å². The van der Waals surface area contributed by atoms with Gasteiger partial charge in [-0.2, -0.15) is 10.5 Å². The second-order valence-corrected chi connectivity index (χ2v) is 7.57. The number of hydrogen-bond donors (Lipinski definition) is 2. The van der Waals surface area contributed by atoms with E-state index in [4.69, 9.17) is 15.2 Å². The molecule has 1 atom stereocenters. The van der Waals surface area contributed by atoms with Crippen LogP contribution in [0.4, 0.5) is 5.69 Å². The molecule has 0 fully saturated rings. The lowest BCUT2D eigenvalue weighted by Crippen LogP contribution is -2.41. The zero-order valence-electron chi connectivity index (χ0n) is 19.1. The Kier molecular flexibility index (Phi) is 6.28. The number of nitrogens with one attached hydrogen (secondary N) is 1. The molecule has 1 aromatic heterocycles. The molecule has 0 amide bonds. The molecule has 35 heavy (non-hydrogen) atoms. The minimum Gasteiger partial charge on any atom is -0.466 e. The molecule has 1 unspecified atom stereocenters. The lowest BCUT2D eigenvalue weighted by atomic mass is 9.80. The van der Waals surface area contributed by atoms with Gasteiger partial charge in [-0.3, -0.25) is 4.90 Å². The SMILES string of the molecule is COC(=O)C1=C(C(=O)OC)N(c2cc(-c3nn[nH]n3)ccc2C)C(N)=C(C#N)C1c1ccccc1. The minimum atomic E-state index is -0.945. The maximum Gasteiger partial charge on any atom is 0.355 e. The van der Waals surface area contributed by atoms with E-state index in [2.05, 4.69) is 26.7 Å². The van der Waals surface area contributed by atoms with Crippen molar-refractivity contribution < 1.29 is 19.1 Å². The third-order valence-corrected chi connectivity index (χ3v) is 5.66. The first-order chi connectivity index (χ1) is 16.9. The number of esters is 2. The number of aromatic amines is 1. The Morgan fingerprint density at radius 2 is 1.83 bits per heavy atom. The number of aryl methyl sites for hydroxylation is 1. The van der Waals surface area contributed by atoms with Crippen LogP contribution >= 0.6 is 0 Å². The molecule has 11 heteroatoms. The molecule has 3 N–H and O–H groups in total. The Bertz CT molecular complexity index is 1390. The van der Waals surface area contributed by atoms with E-state index in [0.717, 1.165) is 0 Å². The van der Waals surface area contributed by atoms with Crippen LogP contribution in [0.15, 0.2) is 71.2 Å². The molecule has 4 rings (SSSR count). The zero-order valence-corrected chi connectivity index (χ0v) is 19.1. The molecular weight excluding hydrogens is 450 g/mol. The van der Waals surface area contributed by atoms with Gasteiger partial charge in [-0.15, -0.1) is 10.2 Å². The van der Waals surface area contributed by atoms with Crippen LogP contribution in [0.2, 0.25) is 0 Å². The van der Waals surface area contributed by atoms with E-state index in [1.807, 2.05) is 0 Å². The van der Waals surface area contributed by atoms with Crippen molar-refractivity contribution in [2.45, 2.75) is 12.8 Å². The number of rotatable bonds is 5. The summed E-state index contributed by atoms with van der Waals surface area (Å²) in [6.07, 6.45) is 0. The zero-order chi connectivity index (χ0) is 25.1. The number of allylic oxidation sites excluding steroid dienone is 1. The summed E-state index contributed by atoms with van der Waals surface area (Å²) in [7, 11) is 2.40. The summed E-state index contributed by atoms with van der Waals surface area (Å²) in [4.78, 5) is 27.7. The molecule has 0 spiro atoms. The van der Waals surface area contributed by atoms with Crippen LogP contribution in [-0.2, 0) is 19.1 Å². The van der Waals surface area contributed by atoms with E-state index in [9.17, 15) is 14.9 Å². The average molecular weight is 471 g/mol. The van der Waals surface area contributed by atoms with Gasteiger partial charge < -0.3 is 15.2 Å². The molecule has 0 saturated heterocycles. The minimum absolute atomic E-state index is 0.0252. The molecule has 1 aliphatic rings. The van der Waals surface area contributed by atoms with E-state index >= 15 is 0 Å². The van der Waals surface area contributed by atoms with Crippen molar-refractivity contribution in [3.05, 3.63) is 82.3 Å². The second kappa shape index (κ2) is 9.48. The number of carbonyl (C=O) groups excluding carboxylic acids is 2. The fourth-order valence-electron chi connectivity index (χ4n) is 4.04. The van der Waals surface area contributed by atoms with Crippen molar-refractivity contribution in [1.82, 2.24) is 20.6 Å². The van der Waals surface area contributed by atoms with Crippen LogP contribution in [-0.4, -0.2) is 46.8 Å². The quantitative estimate of drug-likeness (QED) is 0.527. The number of nitriles is 1. The molecule has 0 saturated carbocycles. The molecule has 2 heterocycles. The number of H-pyrrole nitrogens is 1. The largest absolute Gasteiger partial charge is 0.466 e. The van der Waals surface area contributed by atoms with Gasteiger partial charge in [-0.25, -0.2) is 9.59 Å². The summed E-state index contributed by atoms with van der Waals surface area (Å²) in [6.45, 7) is 1.80. The molecule has 176 valence electrons. The lowest BCUT2D eigenvalue weighted by molar-refractivity contribution is -0.139. The third kappa shape index (κ3) is 3.97. The number of ether oxygens (including phenoxy) is 2. The Morgan fingerprint density at radius 1 is 1.11 bits per heavy atom. The average Bonchev–Trinajstić information content (AvgIpc) is 3.43. The van der Waals surface area contributed by atoms with Crippen LogP contribution in [0.1, 0.15) is 17.0 Å². The smallest absolute Gasteiger partial charge is 0.355 e. The summed E-state index contributed by atoms with van der Waals surface area (Å²) in [5.74, 6) is -2.28. The number of benzene rings is 2. The number of anilines is 1. The molecule has 0 aliphatic carbocycles. The van der Waals surface area contributed by atoms with Gasteiger partial charge in [0, 0.05) is 5.56 Å². The molecule has 1 aliphatic heterocycles. The van der Waals surface area contributed by atoms with Gasteiger partial charge >= 0.3 is 11.9 Å². The first-order valence-electron chi connectivity index (χ1n) is 10.4. The molecule has 0 radical (unpaired) electrons. The highest BCUT2D eigenvalue weighted by atomic mass is 16.5. The van der Waals surface area contributed by atoms with Crippen LogP contribution < -0.4 is 10.6 Å². The van der Waals surface area contributed by atoms with Crippen molar-refractivity contribution >= 4 is 17.6 Å². The van der Waals surface area contributed by atoms with Crippen LogP contribution in [0.3, 0.4) is 0 Å². The number of nitrogens with zero attached hydrogens (tertiary/aromatic N) is 5. The van der Waals surface area contributed by atoms with Gasteiger partial charge in [-0.05, 0) is 29.3 Å². The van der Waals surface area contributed by atoms with Gasteiger partial charge in [0.1, 0.15) is 11.5 Å². The maximum atomic E-state index is 13.2. The predicted octanol–water partition coefficient (Wildman–Crippen LogP) is 2.07. The van der Waals surface area contributed by atoms with E-state index in [0.29, 0.717) is 28.2 Å². The van der Waals surface area contributed by atoms with Gasteiger partial charge in [0.15, 0.2) is 0 Å². The number of methoxy groups -OCH3 is 2. The monoisotopic (exact) mass is 471 g/mol. The first-order valence-corrected chi connectivity index (χ1v) is 10.4. The fourth-order valence-corrected chi connectivity index (χ4v) is 4.04. The number of hydrogen-bond acceptors (Lipinski definition) is 10.